The first-order chi connectivity index (χ1) is 5.38. The molecule has 1 heteroatoms. The summed E-state index contributed by atoms with van der Waals surface area (Å²) in [6.45, 7) is 6.57. The van der Waals surface area contributed by atoms with Gasteiger partial charge in [-0.2, -0.15) is 0 Å². The molecule has 0 saturated carbocycles. The van der Waals surface area contributed by atoms with Gasteiger partial charge in [-0.15, -0.1) is 0 Å². The summed E-state index contributed by atoms with van der Waals surface area (Å²) in [6.07, 6.45) is 9.89. The van der Waals surface area contributed by atoms with Crippen LogP contribution < -0.4 is 0 Å². The number of hydrogen-bond donors (Lipinski definition) is 0. The molecule has 11 heavy (non-hydrogen) atoms. The van der Waals surface area contributed by atoms with E-state index in [9.17, 15) is 0 Å². The summed E-state index contributed by atoms with van der Waals surface area (Å²) in [7, 11) is 0. The van der Waals surface area contributed by atoms with E-state index in [1.54, 1.807) is 0 Å². The third kappa shape index (κ3) is 2.04. The molecule has 1 rings (SSSR count). The summed E-state index contributed by atoms with van der Waals surface area (Å²) in [6, 6.07) is 0. The van der Waals surface area contributed by atoms with Gasteiger partial charge in [-0.1, -0.05) is 12.2 Å². The quantitative estimate of drug-likeness (QED) is 0.530. The summed E-state index contributed by atoms with van der Waals surface area (Å²) >= 11 is 0. The first kappa shape index (κ1) is 8.25. The summed E-state index contributed by atoms with van der Waals surface area (Å²) in [4.78, 5) is 0. The minimum absolute atomic E-state index is 1.09. The van der Waals surface area contributed by atoms with Crippen LogP contribution in [-0.2, 0) is 0 Å². The molecular formula is C10H16N+. The second-order valence-corrected chi connectivity index (χ2v) is 2.64. The van der Waals surface area contributed by atoms with Crippen LogP contribution in [0.25, 0.3) is 0 Å². The van der Waals surface area contributed by atoms with Crippen molar-refractivity contribution in [1.82, 2.24) is 0 Å². The van der Waals surface area contributed by atoms with Gasteiger partial charge in [0.2, 0.25) is 0 Å². The summed E-state index contributed by atoms with van der Waals surface area (Å²) < 4.78 is 2.35. The van der Waals surface area contributed by atoms with Crippen molar-refractivity contribution in [2.24, 2.45) is 0 Å². The average Bonchev–Trinajstić information content (AvgIpc) is 2.09. The van der Waals surface area contributed by atoms with Crippen LogP contribution in [0.1, 0.15) is 20.3 Å². The van der Waals surface area contributed by atoms with Crippen LogP contribution >= 0.6 is 0 Å². The Balaban J connectivity index is 2.82. The van der Waals surface area contributed by atoms with E-state index >= 15 is 0 Å². The lowest BCUT2D eigenvalue weighted by atomic mass is 10.2. The van der Waals surface area contributed by atoms with Crippen LogP contribution in [0.2, 0.25) is 0 Å². The molecule has 0 N–H and O–H groups in total. The second-order valence-electron chi connectivity index (χ2n) is 2.64. The molecule has 1 aliphatic rings. The summed E-state index contributed by atoms with van der Waals surface area (Å²) in [5, 5.41) is 0. The van der Waals surface area contributed by atoms with Crippen molar-refractivity contribution in [3.05, 3.63) is 24.3 Å². The smallest absolute Gasteiger partial charge is 0.199 e. The molecule has 0 amide bonds. The van der Waals surface area contributed by atoms with Crippen molar-refractivity contribution < 1.29 is 4.58 Å². The summed E-state index contributed by atoms with van der Waals surface area (Å²) in [5.41, 5.74) is 1.35. The molecule has 1 nitrogen and oxygen atoms in total. The summed E-state index contributed by atoms with van der Waals surface area (Å²) in [5.74, 6) is 0. The highest BCUT2D eigenvalue weighted by molar-refractivity contribution is 6.00. The Morgan fingerprint density at radius 1 is 1.18 bits per heavy atom. The van der Waals surface area contributed by atoms with Crippen molar-refractivity contribution in [3.8, 4) is 0 Å². The SMILES string of the molecule is CC[N+](CC)=C1C=CCC=C1. The fourth-order valence-electron chi connectivity index (χ4n) is 1.31. The monoisotopic (exact) mass is 150 g/mol. The number of rotatable bonds is 2. The van der Waals surface area contributed by atoms with Crippen LogP contribution in [0.15, 0.2) is 24.3 Å². The minimum atomic E-state index is 1.09. The molecule has 0 spiro atoms. The highest BCUT2D eigenvalue weighted by Crippen LogP contribution is 1.98. The van der Waals surface area contributed by atoms with Gasteiger partial charge in [-0.3, -0.25) is 0 Å². The molecule has 0 unspecified atom stereocenters. The molecule has 0 aliphatic heterocycles. The van der Waals surface area contributed by atoms with E-state index in [-0.39, 0.29) is 0 Å². The minimum Gasteiger partial charge on any atom is -0.231 e. The van der Waals surface area contributed by atoms with E-state index in [1.807, 2.05) is 0 Å². The Morgan fingerprint density at radius 3 is 2.18 bits per heavy atom. The zero-order valence-electron chi connectivity index (χ0n) is 7.38. The van der Waals surface area contributed by atoms with Crippen molar-refractivity contribution in [2.45, 2.75) is 20.3 Å². The normalized spacial score (nSPS) is 15.6. The van der Waals surface area contributed by atoms with E-state index in [0.717, 1.165) is 19.5 Å². The molecule has 60 valence electrons. The van der Waals surface area contributed by atoms with Gasteiger partial charge in [0.15, 0.2) is 5.71 Å². The fourth-order valence-corrected chi connectivity index (χ4v) is 1.31. The molecule has 0 radical (unpaired) electrons. The van der Waals surface area contributed by atoms with E-state index in [4.69, 9.17) is 0 Å². The van der Waals surface area contributed by atoms with Gasteiger partial charge in [0.1, 0.15) is 13.1 Å². The predicted octanol–water partition coefficient (Wildman–Crippen LogP) is 2.00. The van der Waals surface area contributed by atoms with Crippen molar-refractivity contribution in [2.75, 3.05) is 13.1 Å². The van der Waals surface area contributed by atoms with E-state index in [1.165, 1.54) is 5.71 Å². The van der Waals surface area contributed by atoms with Gasteiger partial charge >= 0.3 is 0 Å². The Hall–Kier alpha value is -0.850. The van der Waals surface area contributed by atoms with Crippen LogP contribution in [0.5, 0.6) is 0 Å². The zero-order valence-corrected chi connectivity index (χ0v) is 7.38. The van der Waals surface area contributed by atoms with Crippen LogP contribution in [0.4, 0.5) is 0 Å². The molecular weight excluding hydrogens is 134 g/mol. The van der Waals surface area contributed by atoms with Gasteiger partial charge in [0, 0.05) is 12.2 Å². The largest absolute Gasteiger partial charge is 0.231 e. The molecule has 0 atom stereocenters. The van der Waals surface area contributed by atoms with E-state index in [2.05, 4.69) is 42.7 Å². The van der Waals surface area contributed by atoms with E-state index in [0.29, 0.717) is 0 Å². The Bertz CT molecular complexity index is 189. The Morgan fingerprint density at radius 2 is 1.73 bits per heavy atom. The fraction of sp³-hybridized carbons (Fsp3) is 0.500. The lowest BCUT2D eigenvalue weighted by molar-refractivity contribution is -0.519. The van der Waals surface area contributed by atoms with Crippen molar-refractivity contribution in [1.29, 1.82) is 0 Å². The van der Waals surface area contributed by atoms with Crippen LogP contribution in [0, 0.1) is 0 Å². The molecule has 0 saturated heterocycles. The molecule has 0 aromatic heterocycles. The molecule has 0 fully saturated rings. The predicted molar refractivity (Wildman–Crippen MR) is 49.2 cm³/mol. The topological polar surface area (TPSA) is 3.01 Å². The van der Waals surface area contributed by atoms with Crippen molar-refractivity contribution in [3.63, 3.8) is 0 Å². The maximum absolute atomic E-state index is 2.35. The maximum Gasteiger partial charge on any atom is 0.199 e. The van der Waals surface area contributed by atoms with Gasteiger partial charge in [0.05, 0.1) is 0 Å². The third-order valence-electron chi connectivity index (χ3n) is 1.98. The highest BCUT2D eigenvalue weighted by atomic mass is 15.0. The highest BCUT2D eigenvalue weighted by Gasteiger charge is 2.05. The standard InChI is InChI=1S/C10H16N/c1-3-11(4-2)10-8-6-5-7-9-10/h6-9H,3-5H2,1-2H3/q+1. The Kier molecular flexibility index (Phi) is 3.09. The molecule has 0 aromatic rings. The van der Waals surface area contributed by atoms with Crippen molar-refractivity contribution >= 4 is 5.71 Å². The first-order valence-corrected chi connectivity index (χ1v) is 4.33. The molecule has 0 heterocycles. The average molecular weight is 150 g/mol. The number of allylic oxidation sites excluding steroid dienone is 4. The second kappa shape index (κ2) is 4.12. The lowest BCUT2D eigenvalue weighted by Crippen LogP contribution is -2.18. The zero-order chi connectivity index (χ0) is 8.10. The molecule has 0 bridgehead atoms. The van der Waals surface area contributed by atoms with Gasteiger partial charge in [0.25, 0.3) is 0 Å². The third-order valence-corrected chi connectivity index (χ3v) is 1.98. The molecule has 0 aromatic carbocycles. The van der Waals surface area contributed by atoms with E-state index < -0.39 is 0 Å². The van der Waals surface area contributed by atoms with Crippen LogP contribution in [-0.4, -0.2) is 23.4 Å². The molecule has 1 aliphatic carbocycles. The maximum atomic E-state index is 2.35. The Labute approximate surface area is 68.7 Å². The lowest BCUT2D eigenvalue weighted by Gasteiger charge is -2.01. The first-order valence-electron chi connectivity index (χ1n) is 4.33. The van der Waals surface area contributed by atoms with Crippen LogP contribution in [0.3, 0.4) is 0 Å². The van der Waals surface area contributed by atoms with Gasteiger partial charge in [-0.25, -0.2) is 4.58 Å². The van der Waals surface area contributed by atoms with Gasteiger partial charge < -0.3 is 0 Å². The number of nitrogens with zero attached hydrogens (tertiary/aromatic N) is 1. The number of hydrogen-bond acceptors (Lipinski definition) is 0. The van der Waals surface area contributed by atoms with Gasteiger partial charge in [-0.05, 0) is 20.3 Å².